The molecule has 2 aliphatic carbocycles. The molecule has 3 atom stereocenters. The van der Waals surface area contributed by atoms with Crippen LogP contribution in [0.4, 0.5) is 0 Å². The highest BCUT2D eigenvalue weighted by Gasteiger charge is 2.41. The molecule has 2 saturated carbocycles. The van der Waals surface area contributed by atoms with Gasteiger partial charge in [-0.05, 0) is 51.4 Å². The van der Waals surface area contributed by atoms with Crippen molar-refractivity contribution in [2.24, 2.45) is 23.5 Å². The number of nitrogens with two attached hydrogens (primary N) is 1. The maximum Gasteiger partial charge on any atom is 0.225 e. The normalized spacial score (nSPS) is 29.2. The molecule has 0 saturated heterocycles. The van der Waals surface area contributed by atoms with E-state index in [1.165, 1.54) is 29.1 Å². The molecule has 3 unspecified atom stereocenters. The Hall–Kier alpha value is -0.650. The lowest BCUT2D eigenvalue weighted by molar-refractivity contribution is -0.139. The van der Waals surface area contributed by atoms with E-state index in [1.54, 1.807) is 11.3 Å². The molecule has 4 nitrogen and oxygen atoms in total. The Balaban J connectivity index is 0.00000243. The van der Waals surface area contributed by atoms with E-state index < -0.39 is 0 Å². The van der Waals surface area contributed by atoms with Gasteiger partial charge in [-0.25, -0.2) is 4.98 Å². The molecule has 26 heavy (non-hydrogen) atoms. The Labute approximate surface area is 168 Å². The van der Waals surface area contributed by atoms with E-state index >= 15 is 0 Å². The summed E-state index contributed by atoms with van der Waals surface area (Å²) >= 11 is 1.76. The van der Waals surface area contributed by atoms with Crippen LogP contribution in [0.25, 0.3) is 0 Å². The van der Waals surface area contributed by atoms with E-state index in [-0.39, 0.29) is 24.4 Å². The number of hydrogen-bond donors (Lipinski definition) is 1. The predicted octanol–water partition coefficient (Wildman–Crippen LogP) is 4.67. The SMILES string of the molecule is Cc1nc(C(C)C)sc1C(C)N(C)C(=O)C1CC2CCCC(C1)C2N.Cl. The van der Waals surface area contributed by atoms with Crippen molar-refractivity contribution in [1.29, 1.82) is 0 Å². The van der Waals surface area contributed by atoms with Crippen molar-refractivity contribution in [2.75, 3.05) is 7.05 Å². The van der Waals surface area contributed by atoms with E-state index in [1.807, 2.05) is 11.9 Å². The van der Waals surface area contributed by atoms with Crippen molar-refractivity contribution in [3.63, 3.8) is 0 Å². The Bertz CT molecular complexity index is 619. The third-order valence-corrected chi connectivity index (χ3v) is 8.04. The molecule has 0 spiro atoms. The second kappa shape index (κ2) is 8.57. The molecule has 2 bridgehead atoms. The number of amides is 1. The van der Waals surface area contributed by atoms with E-state index in [0.29, 0.717) is 29.7 Å². The molecule has 1 amide bonds. The zero-order valence-corrected chi connectivity index (χ0v) is 18.3. The Morgan fingerprint density at radius 2 is 1.81 bits per heavy atom. The van der Waals surface area contributed by atoms with E-state index in [4.69, 9.17) is 10.7 Å². The van der Waals surface area contributed by atoms with Gasteiger partial charge in [0.05, 0.1) is 16.7 Å². The average molecular weight is 400 g/mol. The Morgan fingerprint density at radius 3 is 2.31 bits per heavy atom. The van der Waals surface area contributed by atoms with Crippen LogP contribution in [-0.4, -0.2) is 28.9 Å². The van der Waals surface area contributed by atoms with Gasteiger partial charge in [-0.15, -0.1) is 23.7 Å². The predicted molar refractivity (Wildman–Crippen MR) is 111 cm³/mol. The molecule has 3 rings (SSSR count). The summed E-state index contributed by atoms with van der Waals surface area (Å²) in [6.07, 6.45) is 5.64. The molecule has 0 aliphatic heterocycles. The van der Waals surface area contributed by atoms with Crippen LogP contribution in [0.3, 0.4) is 0 Å². The summed E-state index contributed by atoms with van der Waals surface area (Å²) in [5, 5.41) is 1.17. The number of thiazole rings is 1. The van der Waals surface area contributed by atoms with E-state index in [9.17, 15) is 4.79 Å². The van der Waals surface area contributed by atoms with Crippen molar-refractivity contribution in [3.05, 3.63) is 15.6 Å². The molecular formula is C20H34ClN3OS. The van der Waals surface area contributed by atoms with Gasteiger partial charge in [0, 0.05) is 29.8 Å². The summed E-state index contributed by atoms with van der Waals surface area (Å²) in [7, 11) is 1.96. The molecule has 1 aromatic heterocycles. The van der Waals surface area contributed by atoms with Crippen LogP contribution in [0.15, 0.2) is 0 Å². The number of rotatable bonds is 4. The highest BCUT2D eigenvalue weighted by molar-refractivity contribution is 7.11. The van der Waals surface area contributed by atoms with Crippen LogP contribution in [0.5, 0.6) is 0 Å². The van der Waals surface area contributed by atoms with Crippen LogP contribution in [0.2, 0.25) is 0 Å². The Morgan fingerprint density at radius 1 is 1.23 bits per heavy atom. The minimum Gasteiger partial charge on any atom is -0.338 e. The van der Waals surface area contributed by atoms with E-state index in [0.717, 1.165) is 18.5 Å². The number of nitrogens with zero attached hydrogens (tertiary/aromatic N) is 2. The fourth-order valence-corrected chi connectivity index (χ4v) is 5.88. The van der Waals surface area contributed by atoms with Crippen molar-refractivity contribution < 1.29 is 4.79 Å². The van der Waals surface area contributed by atoms with Gasteiger partial charge in [-0.3, -0.25) is 4.79 Å². The lowest BCUT2D eigenvalue weighted by Gasteiger charge is -2.44. The lowest BCUT2D eigenvalue weighted by Crippen LogP contribution is -2.49. The number of fused-ring (bicyclic) bond motifs is 2. The molecule has 6 heteroatoms. The van der Waals surface area contributed by atoms with Crippen LogP contribution in [0, 0.1) is 24.7 Å². The molecule has 2 fully saturated rings. The zero-order chi connectivity index (χ0) is 18.3. The summed E-state index contributed by atoms with van der Waals surface area (Å²) in [6.45, 7) is 8.55. The minimum atomic E-state index is 0. The van der Waals surface area contributed by atoms with E-state index in [2.05, 4.69) is 27.7 Å². The number of halogens is 1. The molecule has 1 heterocycles. The summed E-state index contributed by atoms with van der Waals surface area (Å²) in [4.78, 5) is 21.1. The fraction of sp³-hybridized carbons (Fsp3) is 0.800. The van der Waals surface area contributed by atoms with Crippen LogP contribution in [-0.2, 0) is 4.79 Å². The number of carbonyl (C=O) groups excluding carboxylic acids is 1. The van der Waals surface area contributed by atoms with Gasteiger partial charge in [-0.1, -0.05) is 20.3 Å². The first-order valence-electron chi connectivity index (χ1n) is 9.79. The van der Waals surface area contributed by atoms with Gasteiger partial charge < -0.3 is 10.6 Å². The molecule has 2 aliphatic rings. The smallest absolute Gasteiger partial charge is 0.225 e. The molecule has 0 aromatic carbocycles. The third-order valence-electron chi connectivity index (χ3n) is 6.41. The number of hydrogen-bond acceptors (Lipinski definition) is 4. The lowest BCUT2D eigenvalue weighted by atomic mass is 9.65. The monoisotopic (exact) mass is 399 g/mol. The summed E-state index contributed by atoms with van der Waals surface area (Å²) < 4.78 is 0. The maximum absolute atomic E-state index is 13.2. The maximum atomic E-state index is 13.2. The van der Waals surface area contributed by atoms with Gasteiger partial charge in [0.15, 0.2) is 0 Å². The first kappa shape index (κ1) is 21.6. The average Bonchev–Trinajstić information content (AvgIpc) is 2.94. The van der Waals surface area contributed by atoms with Crippen LogP contribution < -0.4 is 5.73 Å². The molecular weight excluding hydrogens is 366 g/mol. The van der Waals surface area contributed by atoms with Gasteiger partial charge in [0.2, 0.25) is 5.91 Å². The third kappa shape index (κ3) is 4.10. The van der Waals surface area contributed by atoms with Crippen molar-refractivity contribution in [2.45, 2.75) is 77.8 Å². The molecule has 1 aromatic rings. The highest BCUT2D eigenvalue weighted by atomic mass is 35.5. The summed E-state index contributed by atoms with van der Waals surface area (Å²) in [5.41, 5.74) is 7.47. The highest BCUT2D eigenvalue weighted by Crippen LogP contribution is 2.43. The fourth-order valence-electron chi connectivity index (χ4n) is 4.71. The second-order valence-electron chi connectivity index (χ2n) is 8.48. The topological polar surface area (TPSA) is 59.2 Å². The van der Waals surface area contributed by atoms with Crippen molar-refractivity contribution in [1.82, 2.24) is 9.88 Å². The molecule has 2 N–H and O–H groups in total. The van der Waals surface area contributed by atoms with Gasteiger partial charge in [0.1, 0.15) is 0 Å². The molecule has 0 radical (unpaired) electrons. The van der Waals surface area contributed by atoms with Crippen LogP contribution in [0.1, 0.15) is 80.4 Å². The summed E-state index contributed by atoms with van der Waals surface area (Å²) in [6, 6.07) is 0.408. The van der Waals surface area contributed by atoms with Crippen molar-refractivity contribution >= 4 is 29.7 Å². The Kier molecular flexibility index (Phi) is 7.14. The standard InChI is InChI=1S/C20H33N3OS.ClH/c1-11(2)19-22-12(3)18(25-19)13(4)23(5)20(24)16-9-14-7-6-8-15(10-16)17(14)21;/h11,13-17H,6-10,21H2,1-5H3;1H. The summed E-state index contributed by atoms with van der Waals surface area (Å²) in [5.74, 6) is 1.98. The number of carbonyl (C=O) groups is 1. The molecule has 148 valence electrons. The van der Waals surface area contributed by atoms with Gasteiger partial charge in [0.25, 0.3) is 0 Å². The second-order valence-corrected chi connectivity index (χ2v) is 9.54. The first-order valence-corrected chi connectivity index (χ1v) is 10.6. The minimum absolute atomic E-state index is 0. The zero-order valence-electron chi connectivity index (χ0n) is 16.7. The van der Waals surface area contributed by atoms with Crippen LogP contribution >= 0.6 is 23.7 Å². The largest absolute Gasteiger partial charge is 0.338 e. The van der Waals surface area contributed by atoms with Gasteiger partial charge >= 0.3 is 0 Å². The van der Waals surface area contributed by atoms with Crippen molar-refractivity contribution in [3.8, 4) is 0 Å². The van der Waals surface area contributed by atoms with Gasteiger partial charge in [-0.2, -0.15) is 0 Å². The number of aryl methyl sites for hydroxylation is 1. The number of aromatic nitrogens is 1. The quantitative estimate of drug-likeness (QED) is 0.800. The first-order chi connectivity index (χ1) is 11.8.